The van der Waals surface area contributed by atoms with Gasteiger partial charge in [-0.2, -0.15) is 13.2 Å². The Kier molecular flexibility index (Phi) is 5.16. The van der Waals surface area contributed by atoms with Gasteiger partial charge in [-0.1, -0.05) is 23.7 Å². The molecule has 0 N–H and O–H groups in total. The van der Waals surface area contributed by atoms with Gasteiger partial charge in [0.15, 0.2) is 5.65 Å². The summed E-state index contributed by atoms with van der Waals surface area (Å²) in [7, 11) is 0. The van der Waals surface area contributed by atoms with Gasteiger partial charge in [-0.15, -0.1) is 10.2 Å². The molecule has 1 saturated carbocycles. The summed E-state index contributed by atoms with van der Waals surface area (Å²) in [4.78, 5) is 1.59. The van der Waals surface area contributed by atoms with E-state index in [-0.39, 0.29) is 47.9 Å². The molecule has 2 aromatic heterocycles. The highest BCUT2D eigenvalue weighted by Gasteiger charge is 2.39. The van der Waals surface area contributed by atoms with Crippen molar-refractivity contribution >= 4 is 17.2 Å². The summed E-state index contributed by atoms with van der Waals surface area (Å²) in [5.41, 5.74) is -0.261. The van der Waals surface area contributed by atoms with E-state index in [0.29, 0.717) is 23.7 Å². The lowest BCUT2D eigenvalue weighted by Crippen LogP contribution is -2.24. The SMILES string of the molecule is FC1(F)CCN(Cc2ccc(-c3ccn4c(CC5CC5)nnc4c3C(F)(F)F)cc2Cl)C1. The van der Waals surface area contributed by atoms with Crippen LogP contribution >= 0.6 is 11.6 Å². The number of fused-ring (bicyclic) bond motifs is 1. The second kappa shape index (κ2) is 7.66. The molecule has 0 atom stereocenters. The van der Waals surface area contributed by atoms with Crippen molar-refractivity contribution in [2.45, 2.75) is 44.3 Å². The number of aromatic nitrogens is 3. The molecule has 3 heterocycles. The minimum atomic E-state index is -4.64. The molecular formula is C22H20ClF5N4. The second-order valence-electron chi connectivity index (χ2n) is 8.68. The summed E-state index contributed by atoms with van der Waals surface area (Å²) in [6, 6.07) is 5.99. The molecule has 1 aromatic carbocycles. The van der Waals surface area contributed by atoms with Crippen molar-refractivity contribution < 1.29 is 22.0 Å². The molecule has 0 amide bonds. The molecule has 10 heteroatoms. The van der Waals surface area contributed by atoms with Crippen molar-refractivity contribution in [3.63, 3.8) is 0 Å². The molecule has 1 aliphatic carbocycles. The smallest absolute Gasteiger partial charge is 0.293 e. The number of nitrogens with zero attached hydrogens (tertiary/aromatic N) is 4. The van der Waals surface area contributed by atoms with E-state index in [1.807, 2.05) is 0 Å². The van der Waals surface area contributed by atoms with Gasteiger partial charge in [-0.05, 0) is 47.6 Å². The van der Waals surface area contributed by atoms with Crippen LogP contribution in [0.5, 0.6) is 0 Å². The van der Waals surface area contributed by atoms with Crippen LogP contribution in [0.1, 0.15) is 36.2 Å². The monoisotopic (exact) mass is 470 g/mol. The molecule has 2 aliphatic rings. The zero-order valence-corrected chi connectivity index (χ0v) is 17.7. The van der Waals surface area contributed by atoms with E-state index in [2.05, 4.69) is 10.2 Å². The van der Waals surface area contributed by atoms with Gasteiger partial charge in [-0.25, -0.2) is 8.78 Å². The van der Waals surface area contributed by atoms with Gasteiger partial charge in [0.25, 0.3) is 5.92 Å². The summed E-state index contributed by atoms with van der Waals surface area (Å²) in [6.45, 7) is 0.112. The van der Waals surface area contributed by atoms with Crippen molar-refractivity contribution in [3.8, 4) is 11.1 Å². The van der Waals surface area contributed by atoms with Gasteiger partial charge in [0.05, 0.1) is 6.54 Å². The molecule has 0 radical (unpaired) electrons. The number of alkyl halides is 5. The van der Waals surface area contributed by atoms with Crippen LogP contribution in [0.25, 0.3) is 16.8 Å². The van der Waals surface area contributed by atoms with Crippen LogP contribution in [0, 0.1) is 5.92 Å². The van der Waals surface area contributed by atoms with E-state index >= 15 is 0 Å². The Morgan fingerprint density at radius 2 is 1.91 bits per heavy atom. The first-order valence-electron chi connectivity index (χ1n) is 10.4. The van der Waals surface area contributed by atoms with Crippen LogP contribution in [0.4, 0.5) is 22.0 Å². The zero-order valence-electron chi connectivity index (χ0n) is 17.0. The first-order chi connectivity index (χ1) is 15.1. The molecule has 5 rings (SSSR count). The maximum absolute atomic E-state index is 14.1. The second-order valence-corrected chi connectivity index (χ2v) is 9.09. The van der Waals surface area contributed by atoms with E-state index in [0.717, 1.165) is 12.8 Å². The third-order valence-electron chi connectivity index (χ3n) is 6.11. The standard InChI is InChI=1S/C22H20ClF5N4/c23-17-10-14(3-4-15(17)11-31-8-6-21(24,25)12-31)16-5-7-32-18(9-13-1-2-13)29-30-20(32)19(16)22(26,27)28/h3-5,7,10,13H,1-2,6,8-9,11-12H2. The fourth-order valence-corrected chi connectivity index (χ4v) is 4.51. The van der Waals surface area contributed by atoms with Crippen LogP contribution < -0.4 is 0 Å². The third kappa shape index (κ3) is 4.20. The van der Waals surface area contributed by atoms with Gasteiger partial charge in [0.1, 0.15) is 11.4 Å². The van der Waals surface area contributed by atoms with Crippen LogP contribution in [-0.2, 0) is 19.1 Å². The number of hydrogen-bond donors (Lipinski definition) is 0. The highest BCUT2D eigenvalue weighted by atomic mass is 35.5. The minimum Gasteiger partial charge on any atom is -0.293 e. The Bertz CT molecular complexity index is 1170. The van der Waals surface area contributed by atoms with E-state index in [1.54, 1.807) is 17.2 Å². The Labute approximate surface area is 186 Å². The average Bonchev–Trinajstić information content (AvgIpc) is 3.34. The Balaban J connectivity index is 1.50. The van der Waals surface area contributed by atoms with Crippen molar-refractivity contribution in [3.05, 3.63) is 52.4 Å². The molecule has 3 aromatic rings. The number of hydrogen-bond acceptors (Lipinski definition) is 3. The van der Waals surface area contributed by atoms with Crippen LogP contribution in [0.3, 0.4) is 0 Å². The molecule has 32 heavy (non-hydrogen) atoms. The summed E-state index contributed by atoms with van der Waals surface area (Å²) in [5.74, 6) is -1.74. The fraction of sp³-hybridized carbons (Fsp3) is 0.455. The van der Waals surface area contributed by atoms with Crippen molar-refractivity contribution in [1.82, 2.24) is 19.5 Å². The third-order valence-corrected chi connectivity index (χ3v) is 6.46. The predicted molar refractivity (Wildman–Crippen MR) is 110 cm³/mol. The predicted octanol–water partition coefficient (Wildman–Crippen LogP) is 5.86. The largest absolute Gasteiger partial charge is 0.420 e. The zero-order chi connectivity index (χ0) is 22.7. The Morgan fingerprint density at radius 1 is 1.12 bits per heavy atom. The van der Waals surface area contributed by atoms with E-state index in [9.17, 15) is 22.0 Å². The quantitative estimate of drug-likeness (QED) is 0.438. The van der Waals surface area contributed by atoms with E-state index in [4.69, 9.17) is 11.6 Å². The molecule has 4 nitrogen and oxygen atoms in total. The first kappa shape index (κ1) is 21.6. The number of benzene rings is 1. The molecular weight excluding hydrogens is 451 g/mol. The lowest BCUT2D eigenvalue weighted by atomic mass is 9.99. The van der Waals surface area contributed by atoms with Crippen LogP contribution in [0.2, 0.25) is 5.02 Å². The molecule has 1 saturated heterocycles. The van der Waals surface area contributed by atoms with Crippen molar-refractivity contribution in [2.75, 3.05) is 13.1 Å². The molecule has 0 bridgehead atoms. The molecule has 1 aliphatic heterocycles. The van der Waals surface area contributed by atoms with Gasteiger partial charge in [0.2, 0.25) is 0 Å². The van der Waals surface area contributed by atoms with Gasteiger partial charge >= 0.3 is 6.18 Å². The fourth-order valence-electron chi connectivity index (χ4n) is 4.27. The number of rotatable bonds is 5. The molecule has 2 fully saturated rings. The normalized spacial score (nSPS) is 19.2. The highest BCUT2D eigenvalue weighted by molar-refractivity contribution is 6.31. The number of likely N-dealkylation sites (tertiary alicyclic amines) is 1. The summed E-state index contributed by atoms with van der Waals surface area (Å²) >= 11 is 6.35. The lowest BCUT2D eigenvalue weighted by Gasteiger charge is -2.18. The summed E-state index contributed by atoms with van der Waals surface area (Å²) < 4.78 is 70.5. The average molecular weight is 471 g/mol. The molecule has 0 unspecified atom stereocenters. The van der Waals surface area contributed by atoms with Crippen molar-refractivity contribution in [2.24, 2.45) is 5.92 Å². The van der Waals surface area contributed by atoms with Gasteiger partial charge < -0.3 is 0 Å². The molecule has 0 spiro atoms. The van der Waals surface area contributed by atoms with Gasteiger partial charge in [-0.3, -0.25) is 9.30 Å². The maximum Gasteiger partial charge on any atom is 0.420 e. The van der Waals surface area contributed by atoms with Crippen LogP contribution in [-0.4, -0.2) is 38.5 Å². The topological polar surface area (TPSA) is 33.4 Å². The summed E-state index contributed by atoms with van der Waals surface area (Å²) in [5, 5.41) is 8.10. The van der Waals surface area contributed by atoms with Gasteiger partial charge in [0, 0.05) is 37.2 Å². The Morgan fingerprint density at radius 3 is 2.53 bits per heavy atom. The van der Waals surface area contributed by atoms with Crippen molar-refractivity contribution in [1.29, 1.82) is 0 Å². The number of pyridine rings is 1. The minimum absolute atomic E-state index is 0.0449. The van der Waals surface area contributed by atoms with E-state index < -0.39 is 17.7 Å². The lowest BCUT2D eigenvalue weighted by molar-refractivity contribution is -0.136. The Hall–Kier alpha value is -2.26. The summed E-state index contributed by atoms with van der Waals surface area (Å²) in [6.07, 6.45) is -0.579. The van der Waals surface area contributed by atoms with E-state index in [1.165, 1.54) is 22.6 Å². The highest BCUT2D eigenvalue weighted by Crippen LogP contribution is 2.41. The maximum atomic E-state index is 14.1. The number of halogens is 6. The van der Waals surface area contributed by atoms with Crippen LogP contribution in [0.15, 0.2) is 30.5 Å². The first-order valence-corrected chi connectivity index (χ1v) is 10.8. The molecule has 170 valence electrons.